The Balaban J connectivity index is 1.59. The molecule has 2 aromatic carbocycles. The largest absolute Gasteiger partial charge is 0.417 e. The standard InChI is InChI=1S/C18H11ClF3N3O2S2/c19-15-6-5-13(9-14(15)18(20,21)22)29(26,27)24-12-3-1-11(2-4-12)16-10-25-7-8-28-17(25)23-16/h1-10,24H. The molecular formula is C18H11ClF3N3O2S2. The third-order valence-corrected chi connectivity index (χ3v) is 6.56. The first kappa shape index (κ1) is 19.7. The summed E-state index contributed by atoms with van der Waals surface area (Å²) in [6.07, 6.45) is -1.04. The van der Waals surface area contributed by atoms with Gasteiger partial charge in [0.05, 0.1) is 21.2 Å². The van der Waals surface area contributed by atoms with Gasteiger partial charge in [0.25, 0.3) is 10.0 Å². The lowest BCUT2D eigenvalue weighted by molar-refractivity contribution is -0.137. The fraction of sp³-hybridized carbons (Fsp3) is 0.0556. The predicted molar refractivity (Wildman–Crippen MR) is 106 cm³/mol. The highest BCUT2D eigenvalue weighted by Crippen LogP contribution is 2.36. The summed E-state index contributed by atoms with van der Waals surface area (Å²) in [7, 11) is -4.23. The summed E-state index contributed by atoms with van der Waals surface area (Å²) in [5.41, 5.74) is 0.490. The summed E-state index contributed by atoms with van der Waals surface area (Å²) in [6, 6.07) is 8.82. The van der Waals surface area contributed by atoms with Gasteiger partial charge in [-0.15, -0.1) is 11.3 Å². The van der Waals surface area contributed by atoms with Crippen LogP contribution in [0.1, 0.15) is 5.56 Å². The van der Waals surface area contributed by atoms with Crippen LogP contribution >= 0.6 is 22.9 Å². The fourth-order valence-corrected chi connectivity index (χ4v) is 4.69. The van der Waals surface area contributed by atoms with Crippen LogP contribution in [0.5, 0.6) is 0 Å². The molecule has 0 saturated carbocycles. The molecular weight excluding hydrogens is 447 g/mol. The van der Waals surface area contributed by atoms with Crippen LogP contribution in [0.15, 0.2) is 65.1 Å². The van der Waals surface area contributed by atoms with E-state index in [1.54, 1.807) is 12.1 Å². The van der Waals surface area contributed by atoms with E-state index in [-0.39, 0.29) is 5.69 Å². The van der Waals surface area contributed by atoms with Crippen LogP contribution in [-0.2, 0) is 16.2 Å². The van der Waals surface area contributed by atoms with E-state index in [1.807, 2.05) is 22.2 Å². The number of aromatic nitrogens is 2. The minimum absolute atomic E-state index is 0.207. The van der Waals surface area contributed by atoms with E-state index in [9.17, 15) is 21.6 Å². The number of halogens is 4. The second-order valence-electron chi connectivity index (χ2n) is 6.04. The maximum Gasteiger partial charge on any atom is 0.417 e. The van der Waals surface area contributed by atoms with Crippen molar-refractivity contribution in [3.05, 3.63) is 70.8 Å². The number of anilines is 1. The zero-order valence-electron chi connectivity index (χ0n) is 14.3. The summed E-state index contributed by atoms with van der Waals surface area (Å²) < 4.78 is 68.1. The molecule has 0 unspecified atom stereocenters. The minimum Gasteiger partial charge on any atom is -0.297 e. The summed E-state index contributed by atoms with van der Waals surface area (Å²) >= 11 is 7.03. The average molecular weight is 458 g/mol. The molecule has 2 aromatic heterocycles. The van der Waals surface area contributed by atoms with Gasteiger partial charge in [-0.2, -0.15) is 13.2 Å². The molecule has 0 saturated heterocycles. The number of nitrogens with zero attached hydrogens (tertiary/aromatic N) is 2. The van der Waals surface area contributed by atoms with Crippen LogP contribution in [0, 0.1) is 0 Å². The first-order valence-corrected chi connectivity index (χ1v) is 10.8. The lowest BCUT2D eigenvalue weighted by atomic mass is 10.1. The van der Waals surface area contributed by atoms with Gasteiger partial charge in [0.15, 0.2) is 4.96 Å². The molecule has 0 bridgehead atoms. The molecule has 29 heavy (non-hydrogen) atoms. The molecule has 0 radical (unpaired) electrons. The number of thiazole rings is 1. The summed E-state index contributed by atoms with van der Waals surface area (Å²) in [5.74, 6) is 0. The molecule has 4 aromatic rings. The summed E-state index contributed by atoms with van der Waals surface area (Å²) in [4.78, 5) is 4.75. The van der Waals surface area contributed by atoms with E-state index >= 15 is 0 Å². The van der Waals surface area contributed by atoms with Crippen LogP contribution in [-0.4, -0.2) is 17.8 Å². The Bertz CT molecular complexity index is 1270. The fourth-order valence-electron chi connectivity index (χ4n) is 2.68. The SMILES string of the molecule is O=S(=O)(Nc1ccc(-c2cn3ccsc3n2)cc1)c1ccc(Cl)c(C(F)(F)F)c1. The van der Waals surface area contributed by atoms with E-state index in [0.29, 0.717) is 6.07 Å². The van der Waals surface area contributed by atoms with Gasteiger partial charge in [-0.3, -0.25) is 9.12 Å². The Kier molecular flexibility index (Phi) is 4.80. The average Bonchev–Trinajstić information content (AvgIpc) is 3.23. The van der Waals surface area contributed by atoms with Crippen LogP contribution in [0.2, 0.25) is 5.02 Å². The van der Waals surface area contributed by atoms with Gasteiger partial charge in [-0.25, -0.2) is 13.4 Å². The van der Waals surface area contributed by atoms with E-state index in [0.717, 1.165) is 28.4 Å². The number of rotatable bonds is 4. The zero-order chi connectivity index (χ0) is 20.8. The molecule has 0 fully saturated rings. The lowest BCUT2D eigenvalue weighted by Gasteiger charge is -2.12. The number of nitrogens with one attached hydrogen (secondary N) is 1. The molecule has 2 heterocycles. The molecule has 11 heteroatoms. The molecule has 0 aliphatic heterocycles. The van der Waals surface area contributed by atoms with Crippen LogP contribution in [0.4, 0.5) is 18.9 Å². The van der Waals surface area contributed by atoms with Crippen LogP contribution < -0.4 is 4.72 Å². The first-order valence-electron chi connectivity index (χ1n) is 8.06. The first-order chi connectivity index (χ1) is 13.6. The van der Waals surface area contributed by atoms with Gasteiger partial charge in [-0.1, -0.05) is 23.7 Å². The number of hydrogen-bond acceptors (Lipinski definition) is 4. The van der Waals surface area contributed by atoms with Gasteiger partial charge < -0.3 is 0 Å². The van der Waals surface area contributed by atoms with Crippen molar-refractivity contribution in [3.8, 4) is 11.3 Å². The smallest absolute Gasteiger partial charge is 0.297 e. The second kappa shape index (κ2) is 7.05. The van der Waals surface area contributed by atoms with E-state index in [2.05, 4.69) is 9.71 Å². The van der Waals surface area contributed by atoms with E-state index < -0.39 is 31.7 Å². The van der Waals surface area contributed by atoms with Crippen LogP contribution in [0.25, 0.3) is 16.2 Å². The van der Waals surface area contributed by atoms with Crippen molar-refractivity contribution in [1.29, 1.82) is 0 Å². The topological polar surface area (TPSA) is 63.5 Å². The maximum absolute atomic E-state index is 13.0. The number of fused-ring (bicyclic) bond motifs is 1. The lowest BCUT2D eigenvalue weighted by Crippen LogP contribution is -2.15. The van der Waals surface area contributed by atoms with Gasteiger partial charge in [-0.05, 0) is 30.3 Å². The minimum atomic E-state index is -4.76. The van der Waals surface area contributed by atoms with Gasteiger partial charge in [0.2, 0.25) is 0 Å². The Morgan fingerprint density at radius 1 is 1.10 bits per heavy atom. The van der Waals surface area contributed by atoms with Crippen LogP contribution in [0.3, 0.4) is 0 Å². The number of alkyl halides is 3. The Morgan fingerprint density at radius 2 is 1.83 bits per heavy atom. The van der Waals surface area contributed by atoms with Gasteiger partial charge in [0.1, 0.15) is 0 Å². The highest BCUT2D eigenvalue weighted by molar-refractivity contribution is 7.92. The van der Waals surface area contributed by atoms with Crippen molar-refractivity contribution < 1.29 is 21.6 Å². The molecule has 0 aliphatic carbocycles. The Morgan fingerprint density at radius 3 is 2.48 bits per heavy atom. The highest BCUT2D eigenvalue weighted by Gasteiger charge is 2.34. The molecule has 0 aliphatic rings. The number of sulfonamides is 1. The number of imidazole rings is 1. The number of hydrogen-bond donors (Lipinski definition) is 1. The predicted octanol–water partition coefficient (Wildman–Crippen LogP) is 5.54. The Hall–Kier alpha value is -2.56. The van der Waals surface area contributed by atoms with Crippen molar-refractivity contribution in [1.82, 2.24) is 9.38 Å². The monoisotopic (exact) mass is 457 g/mol. The molecule has 0 spiro atoms. The molecule has 1 N–H and O–H groups in total. The van der Waals surface area contributed by atoms with Gasteiger partial charge >= 0.3 is 6.18 Å². The molecule has 0 amide bonds. The molecule has 150 valence electrons. The van der Waals surface area contributed by atoms with E-state index in [1.165, 1.54) is 23.5 Å². The number of benzene rings is 2. The summed E-state index contributed by atoms with van der Waals surface area (Å²) in [5, 5.41) is 1.34. The molecule has 5 nitrogen and oxygen atoms in total. The third-order valence-electron chi connectivity index (χ3n) is 4.08. The third kappa shape index (κ3) is 3.96. The molecule has 4 rings (SSSR count). The second-order valence-corrected chi connectivity index (χ2v) is 9.00. The normalized spacial score (nSPS) is 12.4. The van der Waals surface area contributed by atoms with Crippen molar-refractivity contribution >= 4 is 43.6 Å². The van der Waals surface area contributed by atoms with Crippen molar-refractivity contribution in [2.24, 2.45) is 0 Å². The zero-order valence-corrected chi connectivity index (χ0v) is 16.7. The van der Waals surface area contributed by atoms with Crippen molar-refractivity contribution in [2.45, 2.75) is 11.1 Å². The summed E-state index contributed by atoms with van der Waals surface area (Å²) in [6.45, 7) is 0. The van der Waals surface area contributed by atoms with Gasteiger partial charge in [0, 0.05) is 29.0 Å². The molecule has 0 atom stereocenters. The van der Waals surface area contributed by atoms with Crippen molar-refractivity contribution in [3.63, 3.8) is 0 Å². The van der Waals surface area contributed by atoms with Crippen molar-refractivity contribution in [2.75, 3.05) is 4.72 Å². The maximum atomic E-state index is 13.0. The Labute approximate surface area is 172 Å². The highest BCUT2D eigenvalue weighted by atomic mass is 35.5. The quantitative estimate of drug-likeness (QED) is 0.438. The van der Waals surface area contributed by atoms with E-state index in [4.69, 9.17) is 11.6 Å².